The highest BCUT2D eigenvalue weighted by Gasteiger charge is 2.18. The largest absolute Gasteiger partial charge is 0.497 e. The fourth-order valence-corrected chi connectivity index (χ4v) is 3.21. The number of nitrogens with one attached hydrogen (secondary N) is 2. The summed E-state index contributed by atoms with van der Waals surface area (Å²) in [5, 5.41) is 6.65. The summed E-state index contributed by atoms with van der Waals surface area (Å²) in [6, 6.07) is 10.0. The molecule has 0 bridgehead atoms. The molecular formula is C21H24N8O. The van der Waals surface area contributed by atoms with Crippen molar-refractivity contribution in [2.75, 3.05) is 24.3 Å². The molecule has 0 saturated heterocycles. The van der Waals surface area contributed by atoms with E-state index in [1.165, 1.54) is 11.9 Å². The van der Waals surface area contributed by atoms with Crippen molar-refractivity contribution in [1.29, 1.82) is 0 Å². The van der Waals surface area contributed by atoms with E-state index in [4.69, 9.17) is 9.72 Å². The third kappa shape index (κ3) is 4.14. The average molecular weight is 404 g/mol. The topological polar surface area (TPSA) is 103 Å². The van der Waals surface area contributed by atoms with Crippen molar-refractivity contribution in [3.05, 3.63) is 54.7 Å². The minimum absolute atomic E-state index is 0.154. The number of benzene rings is 1. The molecule has 2 N–H and O–H groups in total. The Morgan fingerprint density at radius 2 is 1.87 bits per heavy atom. The van der Waals surface area contributed by atoms with Crippen molar-refractivity contribution in [2.24, 2.45) is 0 Å². The molecule has 4 aromatic rings. The van der Waals surface area contributed by atoms with E-state index < -0.39 is 0 Å². The normalized spacial score (nSPS) is 11.1. The SMILES string of the molecule is COc1ccc(CCNc2ncnc3c2nc(Nc2ccncn2)n3C(C)C)cc1. The van der Waals surface area contributed by atoms with Crippen LogP contribution in [-0.2, 0) is 6.42 Å². The van der Waals surface area contributed by atoms with Gasteiger partial charge in [0.05, 0.1) is 7.11 Å². The molecule has 154 valence electrons. The zero-order chi connectivity index (χ0) is 20.9. The molecule has 9 nitrogen and oxygen atoms in total. The van der Waals surface area contributed by atoms with Gasteiger partial charge in [0.25, 0.3) is 0 Å². The standard InChI is InChI=1S/C21H24N8O/c1-14(2)29-20-18(28-21(29)27-17-9-10-22-12-24-17)19(25-13-26-20)23-11-8-15-4-6-16(30-3)7-5-15/h4-7,9-10,12-14H,8,11H2,1-3H3,(H,23,25,26)(H,22,24,27,28). The van der Waals surface area contributed by atoms with Gasteiger partial charge in [-0.2, -0.15) is 0 Å². The van der Waals surface area contributed by atoms with Gasteiger partial charge in [0.15, 0.2) is 17.0 Å². The summed E-state index contributed by atoms with van der Waals surface area (Å²) in [5.41, 5.74) is 2.70. The Kier molecular flexibility index (Phi) is 5.69. The Morgan fingerprint density at radius 1 is 1.03 bits per heavy atom. The molecule has 0 fully saturated rings. The number of imidazole rings is 1. The summed E-state index contributed by atoms with van der Waals surface area (Å²) in [5.74, 6) is 2.90. The fraction of sp³-hybridized carbons (Fsp3) is 0.286. The second kappa shape index (κ2) is 8.73. The number of aromatic nitrogens is 6. The van der Waals surface area contributed by atoms with Crippen LogP contribution in [0.5, 0.6) is 5.75 Å². The maximum Gasteiger partial charge on any atom is 0.211 e. The van der Waals surface area contributed by atoms with Crippen molar-refractivity contribution in [1.82, 2.24) is 29.5 Å². The van der Waals surface area contributed by atoms with Gasteiger partial charge in [-0.05, 0) is 44.0 Å². The van der Waals surface area contributed by atoms with Crippen LogP contribution < -0.4 is 15.4 Å². The van der Waals surface area contributed by atoms with E-state index in [-0.39, 0.29) is 6.04 Å². The fourth-order valence-electron chi connectivity index (χ4n) is 3.21. The Labute approximate surface area is 174 Å². The number of fused-ring (bicyclic) bond motifs is 1. The average Bonchev–Trinajstić information content (AvgIpc) is 3.14. The van der Waals surface area contributed by atoms with Gasteiger partial charge in [0.2, 0.25) is 5.95 Å². The first-order chi connectivity index (χ1) is 14.7. The van der Waals surface area contributed by atoms with Crippen LogP contribution in [0.3, 0.4) is 0 Å². The smallest absolute Gasteiger partial charge is 0.211 e. The Bertz CT molecular complexity index is 1110. The van der Waals surface area contributed by atoms with Gasteiger partial charge in [-0.25, -0.2) is 24.9 Å². The van der Waals surface area contributed by atoms with E-state index in [1.54, 1.807) is 25.7 Å². The first-order valence-corrected chi connectivity index (χ1v) is 9.78. The molecular weight excluding hydrogens is 380 g/mol. The van der Waals surface area contributed by atoms with E-state index in [1.807, 2.05) is 16.7 Å². The van der Waals surface area contributed by atoms with Crippen molar-refractivity contribution in [3.8, 4) is 5.75 Å². The molecule has 0 atom stereocenters. The molecule has 3 aromatic heterocycles. The lowest BCUT2D eigenvalue weighted by Gasteiger charge is -2.12. The number of rotatable bonds is 8. The monoisotopic (exact) mass is 404 g/mol. The second-order valence-corrected chi connectivity index (χ2v) is 7.04. The molecule has 0 aliphatic rings. The van der Waals surface area contributed by atoms with E-state index in [0.717, 1.165) is 29.9 Å². The molecule has 9 heteroatoms. The highest BCUT2D eigenvalue weighted by Crippen LogP contribution is 2.27. The third-order valence-corrected chi connectivity index (χ3v) is 4.68. The van der Waals surface area contributed by atoms with Gasteiger partial charge < -0.3 is 15.4 Å². The number of nitrogens with zero attached hydrogens (tertiary/aromatic N) is 6. The number of ether oxygens (including phenoxy) is 1. The van der Waals surface area contributed by atoms with Crippen LogP contribution in [0.2, 0.25) is 0 Å². The number of hydrogen-bond donors (Lipinski definition) is 2. The Morgan fingerprint density at radius 3 is 2.57 bits per heavy atom. The van der Waals surface area contributed by atoms with Crippen LogP contribution >= 0.6 is 0 Å². The zero-order valence-corrected chi connectivity index (χ0v) is 17.2. The Hall–Kier alpha value is -3.75. The van der Waals surface area contributed by atoms with Crippen LogP contribution in [0.4, 0.5) is 17.6 Å². The maximum atomic E-state index is 5.21. The first kappa shape index (κ1) is 19.6. The molecule has 30 heavy (non-hydrogen) atoms. The minimum Gasteiger partial charge on any atom is -0.497 e. The summed E-state index contributed by atoms with van der Waals surface area (Å²) in [4.78, 5) is 21.8. The van der Waals surface area contributed by atoms with Gasteiger partial charge in [-0.15, -0.1) is 0 Å². The predicted molar refractivity (Wildman–Crippen MR) is 116 cm³/mol. The van der Waals surface area contributed by atoms with Crippen LogP contribution in [0, 0.1) is 0 Å². The second-order valence-electron chi connectivity index (χ2n) is 7.04. The summed E-state index contributed by atoms with van der Waals surface area (Å²) in [6.07, 6.45) is 5.60. The van der Waals surface area contributed by atoms with E-state index in [2.05, 4.69) is 56.5 Å². The van der Waals surface area contributed by atoms with Crippen molar-refractivity contribution >= 4 is 28.7 Å². The maximum absolute atomic E-state index is 5.21. The first-order valence-electron chi connectivity index (χ1n) is 9.78. The van der Waals surface area contributed by atoms with Gasteiger partial charge in [-0.3, -0.25) is 4.57 Å². The van der Waals surface area contributed by atoms with E-state index >= 15 is 0 Å². The molecule has 0 amide bonds. The van der Waals surface area contributed by atoms with E-state index in [0.29, 0.717) is 17.6 Å². The molecule has 3 heterocycles. The molecule has 1 aromatic carbocycles. The molecule has 0 aliphatic heterocycles. The quantitative estimate of drug-likeness (QED) is 0.459. The van der Waals surface area contributed by atoms with Crippen LogP contribution in [-0.4, -0.2) is 43.1 Å². The van der Waals surface area contributed by atoms with Crippen molar-refractivity contribution < 1.29 is 4.74 Å². The molecule has 0 spiro atoms. The third-order valence-electron chi connectivity index (χ3n) is 4.68. The molecule has 4 rings (SSSR count). The van der Waals surface area contributed by atoms with Crippen LogP contribution in [0.15, 0.2) is 49.2 Å². The number of methoxy groups -OCH3 is 1. The van der Waals surface area contributed by atoms with Gasteiger partial charge in [-0.1, -0.05) is 12.1 Å². The Balaban J connectivity index is 1.56. The zero-order valence-electron chi connectivity index (χ0n) is 17.2. The molecule has 0 unspecified atom stereocenters. The van der Waals surface area contributed by atoms with Crippen molar-refractivity contribution in [2.45, 2.75) is 26.3 Å². The number of anilines is 3. The lowest BCUT2D eigenvalue weighted by molar-refractivity contribution is 0.414. The van der Waals surface area contributed by atoms with Gasteiger partial charge in [0, 0.05) is 18.8 Å². The molecule has 0 radical (unpaired) electrons. The van der Waals surface area contributed by atoms with Crippen molar-refractivity contribution in [3.63, 3.8) is 0 Å². The van der Waals surface area contributed by atoms with Crippen LogP contribution in [0.1, 0.15) is 25.5 Å². The lowest BCUT2D eigenvalue weighted by Crippen LogP contribution is -2.08. The predicted octanol–water partition coefficient (Wildman–Crippen LogP) is 3.60. The summed E-state index contributed by atoms with van der Waals surface area (Å²) in [7, 11) is 1.67. The molecule has 0 saturated carbocycles. The molecule has 0 aliphatic carbocycles. The minimum atomic E-state index is 0.154. The van der Waals surface area contributed by atoms with E-state index in [9.17, 15) is 0 Å². The van der Waals surface area contributed by atoms with Gasteiger partial charge >= 0.3 is 0 Å². The summed E-state index contributed by atoms with van der Waals surface area (Å²) < 4.78 is 7.24. The highest BCUT2D eigenvalue weighted by atomic mass is 16.5. The number of hydrogen-bond acceptors (Lipinski definition) is 8. The highest BCUT2D eigenvalue weighted by molar-refractivity contribution is 5.85. The summed E-state index contributed by atoms with van der Waals surface area (Å²) >= 11 is 0. The summed E-state index contributed by atoms with van der Waals surface area (Å²) in [6.45, 7) is 4.90. The van der Waals surface area contributed by atoms with Crippen LogP contribution in [0.25, 0.3) is 11.2 Å². The lowest BCUT2D eigenvalue weighted by atomic mass is 10.1. The van der Waals surface area contributed by atoms with Gasteiger partial charge in [0.1, 0.15) is 24.2 Å².